The zero-order chi connectivity index (χ0) is 13.5. The Balaban J connectivity index is 2.98. The molecule has 6 heteroatoms. The van der Waals surface area contributed by atoms with Crippen molar-refractivity contribution in [3.05, 3.63) is 17.6 Å². The van der Waals surface area contributed by atoms with E-state index < -0.39 is 5.97 Å². The minimum atomic E-state index is -0.868. The van der Waals surface area contributed by atoms with Gasteiger partial charge in [0.1, 0.15) is 19.0 Å². The molecule has 18 heavy (non-hydrogen) atoms. The molecule has 0 bridgehead atoms. The fourth-order valence-electron chi connectivity index (χ4n) is 1.68. The number of carboxylic acids is 1. The molecule has 0 amide bonds. The second-order valence-electron chi connectivity index (χ2n) is 4.03. The topological polar surface area (TPSA) is 75.6 Å². The fourth-order valence-corrected chi connectivity index (χ4v) is 1.68. The van der Waals surface area contributed by atoms with E-state index in [-0.39, 0.29) is 6.54 Å². The van der Waals surface area contributed by atoms with Crippen LogP contribution in [0.4, 0.5) is 5.82 Å². The van der Waals surface area contributed by atoms with Crippen LogP contribution in [0.1, 0.15) is 24.9 Å². The molecule has 0 saturated carbocycles. The number of carbonyl (C=O) groups is 1. The van der Waals surface area contributed by atoms with Gasteiger partial charge in [-0.05, 0) is 13.3 Å². The standard InChI is InChI=1S/C12H19N3O3/c1-4-5-15(7-12(16)17)11-6-9(2)13-10(14-11)8-18-3/h6H,4-5,7-8H2,1-3H3,(H,16,17). The number of ether oxygens (including phenoxy) is 1. The van der Waals surface area contributed by atoms with Gasteiger partial charge in [0.15, 0.2) is 5.82 Å². The summed E-state index contributed by atoms with van der Waals surface area (Å²) in [7, 11) is 1.58. The van der Waals surface area contributed by atoms with Gasteiger partial charge in [0, 0.05) is 25.4 Å². The Morgan fingerprint density at radius 1 is 1.50 bits per heavy atom. The number of rotatable bonds is 7. The highest BCUT2D eigenvalue weighted by molar-refractivity contribution is 5.73. The van der Waals surface area contributed by atoms with E-state index in [1.165, 1.54) is 0 Å². The third-order valence-electron chi connectivity index (χ3n) is 2.30. The zero-order valence-electron chi connectivity index (χ0n) is 11.0. The van der Waals surface area contributed by atoms with Gasteiger partial charge in [-0.2, -0.15) is 0 Å². The van der Waals surface area contributed by atoms with Gasteiger partial charge in [0.05, 0.1) is 0 Å². The molecule has 0 fully saturated rings. The van der Waals surface area contributed by atoms with E-state index >= 15 is 0 Å². The average molecular weight is 253 g/mol. The number of nitrogens with zero attached hydrogens (tertiary/aromatic N) is 3. The quantitative estimate of drug-likeness (QED) is 0.787. The number of anilines is 1. The van der Waals surface area contributed by atoms with Crippen molar-refractivity contribution in [1.82, 2.24) is 9.97 Å². The van der Waals surface area contributed by atoms with Crippen LogP contribution in [0.15, 0.2) is 6.07 Å². The maximum Gasteiger partial charge on any atom is 0.323 e. The lowest BCUT2D eigenvalue weighted by Gasteiger charge is -2.21. The van der Waals surface area contributed by atoms with Gasteiger partial charge >= 0.3 is 5.97 Å². The molecule has 0 radical (unpaired) electrons. The molecule has 0 atom stereocenters. The van der Waals surface area contributed by atoms with Crippen molar-refractivity contribution in [3.63, 3.8) is 0 Å². The van der Waals surface area contributed by atoms with Gasteiger partial charge in [-0.15, -0.1) is 0 Å². The molecule has 0 aliphatic heterocycles. The summed E-state index contributed by atoms with van der Waals surface area (Å²) in [5, 5.41) is 8.90. The Bertz CT molecular complexity index is 410. The summed E-state index contributed by atoms with van der Waals surface area (Å²) < 4.78 is 5.00. The molecule has 1 heterocycles. The number of hydrogen-bond acceptors (Lipinski definition) is 5. The highest BCUT2D eigenvalue weighted by atomic mass is 16.5. The third kappa shape index (κ3) is 4.29. The van der Waals surface area contributed by atoms with Gasteiger partial charge in [-0.3, -0.25) is 4.79 Å². The van der Waals surface area contributed by atoms with Crippen LogP contribution in [0, 0.1) is 6.92 Å². The van der Waals surface area contributed by atoms with Gasteiger partial charge in [0.25, 0.3) is 0 Å². The summed E-state index contributed by atoms with van der Waals surface area (Å²) in [6.07, 6.45) is 0.857. The molecule has 0 unspecified atom stereocenters. The van der Waals surface area contributed by atoms with Gasteiger partial charge in [0.2, 0.25) is 0 Å². The van der Waals surface area contributed by atoms with Gasteiger partial charge < -0.3 is 14.7 Å². The second-order valence-corrected chi connectivity index (χ2v) is 4.03. The van der Waals surface area contributed by atoms with E-state index in [4.69, 9.17) is 9.84 Å². The molecule has 100 valence electrons. The average Bonchev–Trinajstić information content (AvgIpc) is 2.27. The van der Waals surface area contributed by atoms with Crippen LogP contribution < -0.4 is 4.90 Å². The molecule has 0 aliphatic carbocycles. The smallest absolute Gasteiger partial charge is 0.323 e. The summed E-state index contributed by atoms with van der Waals surface area (Å²) in [5.74, 6) is 0.339. The monoisotopic (exact) mass is 253 g/mol. The Hall–Kier alpha value is -1.69. The molecule has 1 rings (SSSR count). The van der Waals surface area contributed by atoms with Crippen molar-refractivity contribution in [2.24, 2.45) is 0 Å². The van der Waals surface area contributed by atoms with Gasteiger partial charge in [-0.1, -0.05) is 6.92 Å². The van der Waals surface area contributed by atoms with E-state index in [0.29, 0.717) is 24.8 Å². The van der Waals surface area contributed by atoms with Crippen LogP contribution in [-0.4, -0.2) is 41.2 Å². The maximum atomic E-state index is 10.8. The Morgan fingerprint density at radius 3 is 2.78 bits per heavy atom. The molecule has 1 aromatic rings. The number of hydrogen-bond donors (Lipinski definition) is 1. The summed E-state index contributed by atoms with van der Waals surface area (Å²) in [4.78, 5) is 21.1. The van der Waals surface area contributed by atoms with Gasteiger partial charge in [-0.25, -0.2) is 9.97 Å². The summed E-state index contributed by atoms with van der Waals surface area (Å²) >= 11 is 0. The number of aromatic nitrogens is 2. The van der Waals surface area contributed by atoms with E-state index in [1.54, 1.807) is 18.1 Å². The molecule has 6 nitrogen and oxygen atoms in total. The van der Waals surface area contributed by atoms with E-state index in [2.05, 4.69) is 9.97 Å². The van der Waals surface area contributed by atoms with Crippen LogP contribution in [0.2, 0.25) is 0 Å². The normalized spacial score (nSPS) is 10.4. The molecule has 0 spiro atoms. The van der Waals surface area contributed by atoms with Crippen LogP contribution in [0.25, 0.3) is 0 Å². The minimum absolute atomic E-state index is 0.0588. The molecular weight excluding hydrogens is 234 g/mol. The summed E-state index contributed by atoms with van der Waals surface area (Å²) in [6.45, 7) is 4.77. The van der Waals surface area contributed by atoms with Crippen LogP contribution in [0.5, 0.6) is 0 Å². The molecule has 0 saturated heterocycles. The lowest BCUT2D eigenvalue weighted by molar-refractivity contribution is -0.135. The van der Waals surface area contributed by atoms with Crippen molar-refractivity contribution in [1.29, 1.82) is 0 Å². The van der Waals surface area contributed by atoms with Crippen molar-refractivity contribution < 1.29 is 14.6 Å². The van der Waals surface area contributed by atoms with E-state index in [1.807, 2.05) is 13.8 Å². The van der Waals surface area contributed by atoms with Crippen molar-refractivity contribution in [3.8, 4) is 0 Å². The highest BCUT2D eigenvalue weighted by Gasteiger charge is 2.13. The first-order valence-corrected chi connectivity index (χ1v) is 5.87. The third-order valence-corrected chi connectivity index (χ3v) is 2.30. The first-order chi connectivity index (χ1) is 8.56. The number of aliphatic carboxylic acids is 1. The number of methoxy groups -OCH3 is 1. The number of carboxylic acid groups (broad SMARTS) is 1. The summed E-state index contributed by atoms with van der Waals surface area (Å²) in [5.41, 5.74) is 0.804. The van der Waals surface area contributed by atoms with Crippen molar-refractivity contribution >= 4 is 11.8 Å². The van der Waals surface area contributed by atoms with Crippen LogP contribution in [0.3, 0.4) is 0 Å². The van der Waals surface area contributed by atoms with E-state index in [9.17, 15) is 4.79 Å². The molecule has 0 aliphatic rings. The SMILES string of the molecule is CCCN(CC(=O)O)c1cc(C)nc(COC)n1. The maximum absolute atomic E-state index is 10.8. The molecule has 0 aromatic carbocycles. The van der Waals surface area contributed by atoms with Crippen molar-refractivity contribution in [2.45, 2.75) is 26.9 Å². The largest absolute Gasteiger partial charge is 0.480 e. The van der Waals surface area contributed by atoms with Crippen LogP contribution >= 0.6 is 0 Å². The minimum Gasteiger partial charge on any atom is -0.480 e. The lowest BCUT2D eigenvalue weighted by Crippen LogP contribution is -2.31. The first-order valence-electron chi connectivity index (χ1n) is 5.87. The predicted molar refractivity (Wildman–Crippen MR) is 67.6 cm³/mol. The lowest BCUT2D eigenvalue weighted by atomic mass is 10.3. The fraction of sp³-hybridized carbons (Fsp3) is 0.583. The first kappa shape index (κ1) is 14.4. The molecule has 1 N–H and O–H groups in total. The van der Waals surface area contributed by atoms with Crippen molar-refractivity contribution in [2.75, 3.05) is 25.1 Å². The Labute approximate surface area is 107 Å². The Kier molecular flexibility index (Phi) is 5.51. The van der Waals surface area contributed by atoms with Crippen LogP contribution in [-0.2, 0) is 16.1 Å². The number of aryl methyl sites for hydroxylation is 1. The summed E-state index contributed by atoms with van der Waals surface area (Å²) in [6, 6.07) is 1.79. The molecule has 1 aromatic heterocycles. The molecular formula is C12H19N3O3. The predicted octanol–water partition coefficient (Wildman–Crippen LogP) is 1.23. The Morgan fingerprint density at radius 2 is 2.22 bits per heavy atom. The zero-order valence-corrected chi connectivity index (χ0v) is 11.0. The second kappa shape index (κ2) is 6.90. The highest BCUT2D eigenvalue weighted by Crippen LogP contribution is 2.13. The van der Waals surface area contributed by atoms with E-state index in [0.717, 1.165) is 12.1 Å².